The van der Waals surface area contributed by atoms with E-state index in [4.69, 9.17) is 0 Å². The zero-order valence-electron chi connectivity index (χ0n) is 15.4. The lowest BCUT2D eigenvalue weighted by Gasteiger charge is -2.12. The maximum atomic E-state index is 11.6. The van der Waals surface area contributed by atoms with Gasteiger partial charge in [-0.25, -0.2) is 14.7 Å². The van der Waals surface area contributed by atoms with Gasteiger partial charge in [0.25, 0.3) is 0 Å². The smallest absolute Gasteiger partial charge is 0.223 e. The van der Waals surface area contributed by atoms with Crippen molar-refractivity contribution in [2.24, 2.45) is 10.9 Å². The van der Waals surface area contributed by atoms with Crippen molar-refractivity contribution in [3.05, 3.63) is 42.5 Å². The van der Waals surface area contributed by atoms with Crippen molar-refractivity contribution in [1.82, 2.24) is 30.7 Å². The van der Waals surface area contributed by atoms with Crippen LogP contribution >= 0.6 is 24.0 Å². The average Bonchev–Trinajstić information content (AvgIpc) is 3.38. The number of aromatic nitrogens is 3. The molecule has 2 aromatic rings. The number of hydrogen-bond donors (Lipinski definition) is 3. The van der Waals surface area contributed by atoms with Crippen LogP contribution in [0.25, 0.3) is 5.69 Å². The van der Waals surface area contributed by atoms with Crippen LogP contribution in [-0.4, -0.2) is 46.3 Å². The molecule has 1 amide bonds. The van der Waals surface area contributed by atoms with Crippen LogP contribution in [0.15, 0.2) is 41.9 Å². The Balaban J connectivity index is 0.00000261. The quantitative estimate of drug-likeness (QED) is 0.229. The Labute approximate surface area is 176 Å². The molecule has 9 heteroatoms. The zero-order valence-corrected chi connectivity index (χ0v) is 17.7. The highest BCUT2D eigenvalue weighted by molar-refractivity contribution is 14.0. The number of rotatable bonds is 8. The molecule has 0 atom stereocenters. The van der Waals surface area contributed by atoms with Gasteiger partial charge in [0, 0.05) is 25.6 Å². The Morgan fingerprint density at radius 3 is 2.56 bits per heavy atom. The monoisotopic (exact) mass is 483 g/mol. The first kappa shape index (κ1) is 21.1. The normalized spacial score (nSPS) is 13.6. The molecule has 0 spiro atoms. The number of nitrogens with one attached hydrogen (secondary N) is 3. The summed E-state index contributed by atoms with van der Waals surface area (Å²) in [6.07, 6.45) is 5.24. The summed E-state index contributed by atoms with van der Waals surface area (Å²) in [4.78, 5) is 20.1. The van der Waals surface area contributed by atoms with E-state index in [1.54, 1.807) is 11.0 Å². The van der Waals surface area contributed by atoms with Crippen molar-refractivity contribution < 1.29 is 4.79 Å². The van der Waals surface area contributed by atoms with Crippen LogP contribution in [0, 0.1) is 5.92 Å². The minimum absolute atomic E-state index is 0. The molecule has 27 heavy (non-hydrogen) atoms. The van der Waals surface area contributed by atoms with Crippen LogP contribution in [0.1, 0.15) is 25.3 Å². The molecule has 0 unspecified atom stereocenters. The fraction of sp³-hybridized carbons (Fsp3) is 0.444. The molecule has 1 heterocycles. The molecule has 1 aliphatic carbocycles. The van der Waals surface area contributed by atoms with Crippen molar-refractivity contribution in [3.63, 3.8) is 0 Å². The van der Waals surface area contributed by atoms with E-state index in [9.17, 15) is 4.79 Å². The van der Waals surface area contributed by atoms with Crippen molar-refractivity contribution in [1.29, 1.82) is 0 Å². The molecule has 3 N–H and O–H groups in total. The minimum Gasteiger partial charge on any atom is -0.357 e. The van der Waals surface area contributed by atoms with Crippen LogP contribution in [-0.2, 0) is 11.3 Å². The summed E-state index contributed by atoms with van der Waals surface area (Å²) < 4.78 is 1.72. The van der Waals surface area contributed by atoms with E-state index < -0.39 is 0 Å². The third-order valence-electron chi connectivity index (χ3n) is 4.05. The van der Waals surface area contributed by atoms with Gasteiger partial charge in [0.05, 0.1) is 12.2 Å². The summed E-state index contributed by atoms with van der Waals surface area (Å²) in [6.45, 7) is 4.63. The lowest BCUT2D eigenvalue weighted by atomic mass is 10.2. The third kappa shape index (κ3) is 6.81. The topological polar surface area (TPSA) is 96.2 Å². The fourth-order valence-electron chi connectivity index (χ4n) is 2.46. The van der Waals surface area contributed by atoms with E-state index >= 15 is 0 Å². The molecule has 1 saturated carbocycles. The van der Waals surface area contributed by atoms with Crippen molar-refractivity contribution in [3.8, 4) is 5.69 Å². The number of amides is 1. The Bertz CT molecular complexity index is 727. The van der Waals surface area contributed by atoms with Gasteiger partial charge in [0.1, 0.15) is 12.7 Å². The number of carbonyl (C=O) groups excluding carboxylic acids is 1. The van der Waals surface area contributed by atoms with Crippen LogP contribution < -0.4 is 16.0 Å². The van der Waals surface area contributed by atoms with Gasteiger partial charge in [-0.05, 0) is 37.5 Å². The maximum Gasteiger partial charge on any atom is 0.223 e. The van der Waals surface area contributed by atoms with Crippen LogP contribution in [0.3, 0.4) is 0 Å². The van der Waals surface area contributed by atoms with Crippen molar-refractivity contribution in [2.45, 2.75) is 26.3 Å². The second-order valence-electron chi connectivity index (χ2n) is 6.19. The average molecular weight is 483 g/mol. The van der Waals surface area contributed by atoms with Gasteiger partial charge in [-0.3, -0.25) is 4.79 Å². The SMILES string of the molecule is CCNC(=NCc1ccc(-n2cncn2)cc1)NCCNC(=O)C1CC1.I. The summed E-state index contributed by atoms with van der Waals surface area (Å²) >= 11 is 0. The highest BCUT2D eigenvalue weighted by Crippen LogP contribution is 2.28. The highest BCUT2D eigenvalue weighted by Gasteiger charge is 2.28. The van der Waals surface area contributed by atoms with Gasteiger partial charge in [-0.15, -0.1) is 24.0 Å². The van der Waals surface area contributed by atoms with Crippen molar-refractivity contribution >= 4 is 35.8 Å². The highest BCUT2D eigenvalue weighted by atomic mass is 127. The van der Waals surface area contributed by atoms with Gasteiger partial charge in [-0.2, -0.15) is 5.10 Å². The second kappa shape index (κ2) is 10.9. The molecule has 0 bridgehead atoms. The van der Waals surface area contributed by atoms with Crippen LogP contribution in [0.5, 0.6) is 0 Å². The number of nitrogens with zero attached hydrogens (tertiary/aromatic N) is 4. The number of halogens is 1. The molecule has 0 aliphatic heterocycles. The Hall–Kier alpha value is -2.17. The summed E-state index contributed by atoms with van der Waals surface area (Å²) in [5.41, 5.74) is 2.07. The number of guanidine groups is 1. The number of benzene rings is 1. The standard InChI is InChI=1S/C18H25N7O.HI/c1-2-20-18(22-10-9-21-17(26)15-5-6-15)23-11-14-3-7-16(8-4-14)25-13-19-12-24-25;/h3-4,7-8,12-13,15H,2,5-6,9-11H2,1H3,(H,21,26)(H2,20,22,23);1H. The number of hydrogen-bond acceptors (Lipinski definition) is 4. The van der Waals surface area contributed by atoms with Gasteiger partial charge in [0.2, 0.25) is 5.91 Å². The molecule has 1 aliphatic rings. The summed E-state index contributed by atoms with van der Waals surface area (Å²) in [7, 11) is 0. The van der Waals surface area contributed by atoms with E-state index in [1.807, 2.05) is 31.2 Å². The fourth-order valence-corrected chi connectivity index (χ4v) is 2.46. The molecular weight excluding hydrogens is 457 g/mol. The molecule has 146 valence electrons. The zero-order chi connectivity index (χ0) is 18.2. The first-order chi connectivity index (χ1) is 12.8. The van der Waals surface area contributed by atoms with E-state index in [0.717, 1.165) is 36.6 Å². The Morgan fingerprint density at radius 1 is 1.19 bits per heavy atom. The summed E-state index contributed by atoms with van der Waals surface area (Å²) in [5.74, 6) is 1.16. The number of carbonyl (C=O) groups is 1. The van der Waals surface area contributed by atoms with E-state index in [-0.39, 0.29) is 35.8 Å². The van der Waals surface area contributed by atoms with E-state index in [1.165, 1.54) is 6.33 Å². The molecule has 0 radical (unpaired) electrons. The Kier molecular flexibility index (Phi) is 8.49. The largest absolute Gasteiger partial charge is 0.357 e. The Morgan fingerprint density at radius 2 is 1.93 bits per heavy atom. The molecular formula is C18H26IN7O. The van der Waals surface area contributed by atoms with Gasteiger partial charge in [-0.1, -0.05) is 12.1 Å². The first-order valence-electron chi connectivity index (χ1n) is 9.00. The molecule has 3 rings (SSSR count). The third-order valence-corrected chi connectivity index (χ3v) is 4.05. The summed E-state index contributed by atoms with van der Waals surface area (Å²) in [6, 6.07) is 8.04. The van der Waals surface area contributed by atoms with Crippen LogP contribution in [0.2, 0.25) is 0 Å². The number of aliphatic imine (C=N–C) groups is 1. The van der Waals surface area contributed by atoms with Crippen molar-refractivity contribution in [2.75, 3.05) is 19.6 Å². The summed E-state index contributed by atoms with van der Waals surface area (Å²) in [5, 5.41) is 13.5. The minimum atomic E-state index is 0. The second-order valence-corrected chi connectivity index (χ2v) is 6.19. The van der Waals surface area contributed by atoms with Gasteiger partial charge < -0.3 is 16.0 Å². The van der Waals surface area contributed by atoms with E-state index in [2.05, 4.69) is 31.0 Å². The van der Waals surface area contributed by atoms with Gasteiger partial charge in [0.15, 0.2) is 5.96 Å². The van der Waals surface area contributed by atoms with Crippen LogP contribution in [0.4, 0.5) is 0 Å². The lowest BCUT2D eigenvalue weighted by Crippen LogP contribution is -2.41. The predicted molar refractivity (Wildman–Crippen MR) is 115 cm³/mol. The molecule has 1 aromatic carbocycles. The molecule has 1 aromatic heterocycles. The van der Waals surface area contributed by atoms with Gasteiger partial charge >= 0.3 is 0 Å². The lowest BCUT2D eigenvalue weighted by molar-refractivity contribution is -0.122. The molecule has 1 fully saturated rings. The molecule has 0 saturated heterocycles. The molecule has 8 nitrogen and oxygen atoms in total. The maximum absolute atomic E-state index is 11.6. The van der Waals surface area contributed by atoms with E-state index in [0.29, 0.717) is 19.6 Å². The predicted octanol–water partition coefficient (Wildman–Crippen LogP) is 1.47. The first-order valence-corrected chi connectivity index (χ1v) is 9.00.